The first-order valence-corrected chi connectivity index (χ1v) is 9.88. The van der Waals surface area contributed by atoms with E-state index in [4.69, 9.17) is 44.7 Å². The molecule has 2 rings (SSSR count). The number of anilines is 2. The van der Waals surface area contributed by atoms with Crippen LogP contribution in [0.4, 0.5) is 11.4 Å². The Hall–Kier alpha value is -1.46. The maximum absolute atomic E-state index is 9.00. The van der Waals surface area contributed by atoms with Gasteiger partial charge in [-0.05, 0) is 37.4 Å². The molecule has 2 aromatic rings. The highest BCUT2D eigenvalue weighted by Crippen LogP contribution is 2.32. The first-order valence-electron chi connectivity index (χ1n) is 8.59. The van der Waals surface area contributed by atoms with Crippen LogP contribution < -0.4 is 5.32 Å². The Labute approximate surface area is 177 Å². The van der Waals surface area contributed by atoms with Crippen molar-refractivity contribution in [2.24, 2.45) is 0 Å². The van der Waals surface area contributed by atoms with Crippen molar-refractivity contribution in [3.05, 3.63) is 58.6 Å². The quantitative estimate of drug-likeness (QED) is 0.518. The normalized spacial score (nSPS) is 9.59. The van der Waals surface area contributed by atoms with E-state index < -0.39 is 5.97 Å². The van der Waals surface area contributed by atoms with Crippen LogP contribution in [0.3, 0.4) is 0 Å². The minimum absolute atomic E-state index is 0.617. The molecule has 0 bridgehead atoms. The van der Waals surface area contributed by atoms with E-state index in [-0.39, 0.29) is 0 Å². The van der Waals surface area contributed by atoms with Crippen LogP contribution in [0, 0.1) is 0 Å². The average molecular weight is 434 g/mol. The molecule has 0 heterocycles. The van der Waals surface area contributed by atoms with Gasteiger partial charge < -0.3 is 15.3 Å². The summed E-state index contributed by atoms with van der Waals surface area (Å²) in [6.07, 6.45) is 0. The number of nitrogens with one attached hydrogen (secondary N) is 1. The lowest BCUT2D eigenvalue weighted by Gasteiger charge is -2.14. The van der Waals surface area contributed by atoms with Crippen LogP contribution in [-0.2, 0) is 4.79 Å². The highest BCUT2D eigenvalue weighted by molar-refractivity contribution is 6.39. The van der Waals surface area contributed by atoms with E-state index in [2.05, 4.69) is 24.1 Å². The summed E-state index contributed by atoms with van der Waals surface area (Å²) in [4.78, 5) is 11.3. The second kappa shape index (κ2) is 15.6. The van der Waals surface area contributed by atoms with Gasteiger partial charge in [0.05, 0.1) is 15.7 Å². The molecule has 2 N–H and O–H groups in total. The van der Waals surface area contributed by atoms with E-state index >= 15 is 0 Å². The lowest BCUT2D eigenvalue weighted by molar-refractivity contribution is -0.134. The Kier molecular flexibility index (Phi) is 14.7. The molecule has 0 saturated heterocycles. The second-order valence-corrected chi connectivity index (χ2v) is 6.51. The summed E-state index contributed by atoms with van der Waals surface area (Å²) in [7, 11) is 0. The van der Waals surface area contributed by atoms with Crippen molar-refractivity contribution in [3.8, 4) is 0 Å². The van der Waals surface area contributed by atoms with Crippen molar-refractivity contribution < 1.29 is 9.90 Å². The molecule has 0 aliphatic carbocycles. The van der Waals surface area contributed by atoms with Crippen LogP contribution >= 0.6 is 34.8 Å². The van der Waals surface area contributed by atoms with Crippen LogP contribution in [0.15, 0.2) is 48.5 Å². The molecule has 0 fully saturated rings. The monoisotopic (exact) mass is 432 g/mol. The average Bonchev–Trinajstić information content (AvgIpc) is 2.64. The van der Waals surface area contributed by atoms with Crippen LogP contribution in [-0.4, -0.2) is 41.5 Å². The molecule has 0 saturated carbocycles. The minimum atomic E-state index is -0.833. The lowest BCUT2D eigenvalue weighted by atomic mass is 10.2. The Morgan fingerprint density at radius 2 is 1.48 bits per heavy atom. The standard InChI is InChI=1S/C12H9Cl2N.C6H14ClN.C2H4O2/c13-10-7-4-8-11(14)12(10)15-9-5-2-1-3-6-9;1-3-8(4-2)6-5-7;1-2(3)4/h1-8,15H;3-6H2,1-2H3;1H3,(H,3,4). The van der Waals surface area contributed by atoms with Crippen molar-refractivity contribution in [1.29, 1.82) is 0 Å². The molecule has 0 spiro atoms. The van der Waals surface area contributed by atoms with Gasteiger partial charge in [0.2, 0.25) is 0 Å². The van der Waals surface area contributed by atoms with Crippen molar-refractivity contribution in [2.45, 2.75) is 20.8 Å². The number of carbonyl (C=O) groups is 1. The number of benzene rings is 2. The SMILES string of the molecule is CC(=O)O.CCN(CC)CCCl.Clc1cccc(Cl)c1Nc1ccccc1. The van der Waals surface area contributed by atoms with Gasteiger partial charge in [0.15, 0.2) is 0 Å². The van der Waals surface area contributed by atoms with E-state index in [1.165, 1.54) is 0 Å². The fraction of sp³-hybridized carbons (Fsp3) is 0.350. The number of nitrogens with zero attached hydrogens (tertiary/aromatic N) is 1. The molecule has 150 valence electrons. The van der Waals surface area contributed by atoms with Gasteiger partial charge >= 0.3 is 0 Å². The van der Waals surface area contributed by atoms with E-state index in [9.17, 15) is 0 Å². The molecule has 0 amide bonds. The van der Waals surface area contributed by atoms with Gasteiger partial charge in [-0.2, -0.15) is 0 Å². The molecular weight excluding hydrogens is 407 g/mol. The van der Waals surface area contributed by atoms with Crippen LogP contribution in [0.25, 0.3) is 0 Å². The third-order valence-corrected chi connectivity index (χ3v) is 4.10. The van der Waals surface area contributed by atoms with Gasteiger partial charge in [-0.3, -0.25) is 4.79 Å². The molecule has 0 unspecified atom stereocenters. The summed E-state index contributed by atoms with van der Waals surface area (Å²) in [5.74, 6) is -0.0817. The number of alkyl halides is 1. The molecule has 0 aliphatic heterocycles. The van der Waals surface area contributed by atoms with Crippen LogP contribution in [0.5, 0.6) is 0 Å². The predicted molar refractivity (Wildman–Crippen MR) is 118 cm³/mol. The summed E-state index contributed by atoms with van der Waals surface area (Å²) in [6.45, 7) is 8.63. The van der Waals surface area contributed by atoms with E-state index in [1.807, 2.05) is 36.4 Å². The topological polar surface area (TPSA) is 52.6 Å². The largest absolute Gasteiger partial charge is 0.481 e. The van der Waals surface area contributed by atoms with E-state index in [0.29, 0.717) is 10.0 Å². The molecule has 27 heavy (non-hydrogen) atoms. The highest BCUT2D eigenvalue weighted by Gasteiger charge is 2.04. The number of rotatable bonds is 6. The van der Waals surface area contributed by atoms with Crippen LogP contribution in [0.2, 0.25) is 10.0 Å². The molecule has 0 aliphatic rings. The Balaban J connectivity index is 0.000000476. The van der Waals surface area contributed by atoms with Gasteiger partial charge in [0.1, 0.15) is 0 Å². The molecule has 0 radical (unpaired) electrons. The molecule has 0 aromatic heterocycles. The van der Waals surface area contributed by atoms with Crippen molar-refractivity contribution in [3.63, 3.8) is 0 Å². The van der Waals surface area contributed by atoms with Gasteiger partial charge in [0, 0.05) is 25.0 Å². The smallest absolute Gasteiger partial charge is 0.300 e. The molecule has 4 nitrogen and oxygen atoms in total. The lowest BCUT2D eigenvalue weighted by Crippen LogP contribution is -2.24. The number of hydrogen-bond donors (Lipinski definition) is 2. The third kappa shape index (κ3) is 12.5. The number of hydrogen-bond acceptors (Lipinski definition) is 3. The second-order valence-electron chi connectivity index (χ2n) is 5.32. The zero-order valence-corrected chi connectivity index (χ0v) is 18.2. The fourth-order valence-electron chi connectivity index (χ4n) is 1.94. The number of halogens is 3. The number of para-hydroxylation sites is 2. The highest BCUT2D eigenvalue weighted by atomic mass is 35.5. The van der Waals surface area contributed by atoms with Gasteiger partial charge in [0.25, 0.3) is 5.97 Å². The third-order valence-electron chi connectivity index (χ3n) is 3.30. The first kappa shape index (κ1) is 25.5. The Bertz CT molecular complexity index is 627. The summed E-state index contributed by atoms with van der Waals surface area (Å²) >= 11 is 17.6. The Morgan fingerprint density at radius 1 is 1.00 bits per heavy atom. The van der Waals surface area contributed by atoms with Crippen molar-refractivity contribution >= 4 is 52.1 Å². The van der Waals surface area contributed by atoms with Gasteiger partial charge in [-0.15, -0.1) is 11.6 Å². The van der Waals surface area contributed by atoms with Gasteiger partial charge in [-0.25, -0.2) is 0 Å². The van der Waals surface area contributed by atoms with Crippen molar-refractivity contribution in [1.82, 2.24) is 4.90 Å². The maximum atomic E-state index is 9.00. The number of carboxylic acids is 1. The van der Waals surface area contributed by atoms with Gasteiger partial charge in [-0.1, -0.05) is 61.3 Å². The summed E-state index contributed by atoms with van der Waals surface area (Å²) in [5.41, 5.74) is 1.71. The summed E-state index contributed by atoms with van der Waals surface area (Å²) < 4.78 is 0. The maximum Gasteiger partial charge on any atom is 0.300 e. The minimum Gasteiger partial charge on any atom is -0.481 e. The molecule has 7 heteroatoms. The number of carboxylic acid groups (broad SMARTS) is 1. The van der Waals surface area contributed by atoms with E-state index in [0.717, 1.165) is 43.8 Å². The number of aliphatic carboxylic acids is 1. The first-order chi connectivity index (χ1) is 12.8. The molecule has 0 atom stereocenters. The Morgan fingerprint density at radius 3 is 1.85 bits per heavy atom. The zero-order valence-electron chi connectivity index (χ0n) is 15.9. The molecule has 2 aromatic carbocycles. The zero-order chi connectivity index (χ0) is 20.7. The summed E-state index contributed by atoms with van der Waals surface area (Å²) in [5, 5.41) is 11.8. The fourth-order valence-corrected chi connectivity index (χ4v) is 2.67. The summed E-state index contributed by atoms with van der Waals surface area (Å²) in [6, 6.07) is 15.2. The van der Waals surface area contributed by atoms with Crippen LogP contribution in [0.1, 0.15) is 20.8 Å². The molecular formula is C20H27Cl3N2O2. The van der Waals surface area contributed by atoms with Crippen molar-refractivity contribution in [2.75, 3.05) is 30.8 Å². The predicted octanol–water partition coefficient (Wildman–Crippen LogP) is 6.39. The van der Waals surface area contributed by atoms with E-state index in [1.54, 1.807) is 12.1 Å².